The van der Waals surface area contributed by atoms with Crippen LogP contribution in [-0.4, -0.2) is 11.6 Å². The highest BCUT2D eigenvalue weighted by Gasteiger charge is 2.32. The molecule has 0 aromatic heterocycles. The number of carbonyl (C=O) groups is 2. The minimum Gasteiger partial charge on any atom is -0.294 e. The van der Waals surface area contributed by atoms with Crippen molar-refractivity contribution in [3.63, 3.8) is 0 Å². The van der Waals surface area contributed by atoms with Crippen LogP contribution in [0.1, 0.15) is 34.6 Å². The molecule has 0 aliphatic carbocycles. The summed E-state index contributed by atoms with van der Waals surface area (Å²) >= 11 is -0.691. The van der Waals surface area contributed by atoms with Crippen molar-refractivity contribution in [3.8, 4) is 0 Å². The molecule has 0 fully saturated rings. The standard InChI is InChI=1S/C16H6F8O2S/c1-3(25)5-7(17)11(21)15(12(22)8(5)18)27-16-13(23)9(19)6(4(2)26)10(20)14(16)24/h1-2H3. The van der Waals surface area contributed by atoms with Crippen molar-refractivity contribution in [2.75, 3.05) is 0 Å². The van der Waals surface area contributed by atoms with E-state index >= 15 is 0 Å². The largest absolute Gasteiger partial charge is 0.294 e. The summed E-state index contributed by atoms with van der Waals surface area (Å²) in [5, 5.41) is 0. The molecule has 0 amide bonds. The smallest absolute Gasteiger partial charge is 0.176 e. The van der Waals surface area contributed by atoms with Crippen molar-refractivity contribution in [1.82, 2.24) is 0 Å². The van der Waals surface area contributed by atoms with Crippen molar-refractivity contribution >= 4 is 23.3 Å². The molecule has 0 radical (unpaired) electrons. The molecular formula is C16H6F8O2S. The zero-order valence-corrected chi connectivity index (χ0v) is 14.1. The Labute approximate surface area is 150 Å². The highest BCUT2D eigenvalue weighted by Crippen LogP contribution is 2.40. The van der Waals surface area contributed by atoms with Gasteiger partial charge in [0.25, 0.3) is 0 Å². The maximum atomic E-state index is 14.0. The summed E-state index contributed by atoms with van der Waals surface area (Å²) in [6, 6.07) is 0. The van der Waals surface area contributed by atoms with Crippen molar-refractivity contribution in [2.24, 2.45) is 0 Å². The fourth-order valence-electron chi connectivity index (χ4n) is 2.12. The zero-order valence-electron chi connectivity index (χ0n) is 13.2. The Morgan fingerprint density at radius 3 is 0.926 bits per heavy atom. The highest BCUT2D eigenvalue weighted by atomic mass is 32.2. The summed E-state index contributed by atoms with van der Waals surface area (Å²) in [6.07, 6.45) is 0. The van der Waals surface area contributed by atoms with Gasteiger partial charge in [0.1, 0.15) is 0 Å². The second kappa shape index (κ2) is 7.29. The molecule has 0 aliphatic heterocycles. The van der Waals surface area contributed by atoms with E-state index in [-0.39, 0.29) is 0 Å². The summed E-state index contributed by atoms with van der Waals surface area (Å²) in [6.45, 7) is 1.22. The van der Waals surface area contributed by atoms with Gasteiger partial charge in [-0.25, -0.2) is 35.1 Å². The average molecular weight is 414 g/mol. The number of hydrogen-bond donors (Lipinski definition) is 0. The normalized spacial score (nSPS) is 11.0. The number of benzene rings is 2. The van der Waals surface area contributed by atoms with Crippen LogP contribution in [0.3, 0.4) is 0 Å². The Balaban J connectivity index is 2.76. The monoisotopic (exact) mass is 414 g/mol. The maximum Gasteiger partial charge on any atom is 0.176 e. The van der Waals surface area contributed by atoms with Crippen molar-refractivity contribution in [1.29, 1.82) is 0 Å². The van der Waals surface area contributed by atoms with E-state index in [4.69, 9.17) is 0 Å². The SMILES string of the molecule is CC(=O)c1c(F)c(F)c(Sc2c(F)c(F)c(C(C)=O)c(F)c2F)c(F)c1F. The van der Waals surface area contributed by atoms with E-state index < -0.39 is 90.8 Å². The third-order valence-corrected chi connectivity index (χ3v) is 4.48. The average Bonchev–Trinajstić information content (AvgIpc) is 2.57. The van der Waals surface area contributed by atoms with Crippen molar-refractivity contribution in [2.45, 2.75) is 23.6 Å². The molecule has 0 atom stereocenters. The Kier molecular flexibility index (Phi) is 5.64. The molecule has 11 heteroatoms. The minimum atomic E-state index is -2.20. The van der Waals surface area contributed by atoms with E-state index in [0.717, 1.165) is 0 Å². The van der Waals surface area contributed by atoms with Crippen LogP contribution in [0.4, 0.5) is 35.1 Å². The van der Waals surface area contributed by atoms with Crippen LogP contribution < -0.4 is 0 Å². The highest BCUT2D eigenvalue weighted by molar-refractivity contribution is 7.99. The molecule has 0 unspecified atom stereocenters. The Morgan fingerprint density at radius 1 is 0.519 bits per heavy atom. The number of carbonyl (C=O) groups excluding carboxylic acids is 2. The molecular weight excluding hydrogens is 408 g/mol. The van der Waals surface area contributed by atoms with Gasteiger partial charge >= 0.3 is 0 Å². The lowest BCUT2D eigenvalue weighted by molar-refractivity contribution is 0.0993. The van der Waals surface area contributed by atoms with E-state index in [9.17, 15) is 44.7 Å². The Bertz CT molecular complexity index is 865. The molecule has 0 bridgehead atoms. The first-order chi connectivity index (χ1) is 12.4. The minimum absolute atomic E-state index is 0.609. The van der Waals surface area contributed by atoms with Gasteiger partial charge in [0.05, 0.1) is 20.9 Å². The fourth-order valence-corrected chi connectivity index (χ4v) is 3.04. The summed E-state index contributed by atoms with van der Waals surface area (Å²) in [5.41, 5.74) is -3.14. The zero-order chi connectivity index (χ0) is 20.8. The third kappa shape index (κ3) is 3.31. The molecule has 0 aliphatic rings. The van der Waals surface area contributed by atoms with Gasteiger partial charge in [0.15, 0.2) is 58.1 Å². The fraction of sp³-hybridized carbons (Fsp3) is 0.125. The van der Waals surface area contributed by atoms with E-state index in [2.05, 4.69) is 0 Å². The summed E-state index contributed by atoms with van der Waals surface area (Å²) in [7, 11) is 0. The Morgan fingerprint density at radius 2 is 0.741 bits per heavy atom. The first-order valence-electron chi connectivity index (χ1n) is 6.83. The van der Waals surface area contributed by atoms with Crippen LogP contribution >= 0.6 is 11.8 Å². The first kappa shape index (κ1) is 20.9. The predicted molar refractivity (Wildman–Crippen MR) is 76.7 cm³/mol. The van der Waals surface area contributed by atoms with E-state index in [1.54, 1.807) is 0 Å². The third-order valence-electron chi connectivity index (χ3n) is 3.35. The molecule has 27 heavy (non-hydrogen) atoms. The predicted octanol–water partition coefficient (Wildman–Crippen LogP) is 5.36. The lowest BCUT2D eigenvalue weighted by Crippen LogP contribution is -2.11. The molecule has 144 valence electrons. The van der Waals surface area contributed by atoms with Crippen LogP contribution in [-0.2, 0) is 0 Å². The van der Waals surface area contributed by atoms with Gasteiger partial charge in [0.2, 0.25) is 0 Å². The molecule has 2 nitrogen and oxygen atoms in total. The molecule has 2 aromatic rings. The molecule has 0 saturated carbocycles. The molecule has 0 spiro atoms. The lowest BCUT2D eigenvalue weighted by Gasteiger charge is -2.13. The van der Waals surface area contributed by atoms with E-state index in [1.807, 2.05) is 0 Å². The van der Waals surface area contributed by atoms with Crippen LogP contribution in [0.2, 0.25) is 0 Å². The van der Waals surface area contributed by atoms with Crippen LogP contribution in [0.25, 0.3) is 0 Å². The van der Waals surface area contributed by atoms with Gasteiger partial charge in [-0.2, -0.15) is 0 Å². The second-order valence-electron chi connectivity index (χ2n) is 5.13. The van der Waals surface area contributed by atoms with Crippen LogP contribution in [0.5, 0.6) is 0 Å². The lowest BCUT2D eigenvalue weighted by atomic mass is 10.1. The molecule has 0 N–H and O–H groups in total. The van der Waals surface area contributed by atoms with Gasteiger partial charge in [-0.15, -0.1) is 0 Å². The Hall–Kier alpha value is -2.43. The number of hydrogen-bond acceptors (Lipinski definition) is 3. The van der Waals surface area contributed by atoms with Gasteiger partial charge in [0, 0.05) is 0 Å². The van der Waals surface area contributed by atoms with Crippen LogP contribution in [0.15, 0.2) is 9.79 Å². The van der Waals surface area contributed by atoms with Crippen LogP contribution in [0, 0.1) is 46.5 Å². The first-order valence-corrected chi connectivity index (χ1v) is 7.64. The summed E-state index contributed by atoms with van der Waals surface area (Å²) < 4.78 is 111. The van der Waals surface area contributed by atoms with E-state index in [1.165, 1.54) is 0 Å². The quantitative estimate of drug-likeness (QED) is 0.384. The van der Waals surface area contributed by atoms with Gasteiger partial charge < -0.3 is 0 Å². The number of halogens is 8. The van der Waals surface area contributed by atoms with Crippen molar-refractivity contribution in [3.05, 3.63) is 57.7 Å². The number of Topliss-reactive ketones (excluding diaryl/α,β-unsaturated/α-hetero) is 2. The molecule has 2 aromatic carbocycles. The van der Waals surface area contributed by atoms with Gasteiger partial charge in [-0.05, 0) is 13.8 Å². The molecule has 2 rings (SSSR count). The van der Waals surface area contributed by atoms with Gasteiger partial charge in [-0.3, -0.25) is 9.59 Å². The molecule has 0 heterocycles. The molecule has 0 saturated heterocycles. The van der Waals surface area contributed by atoms with E-state index in [0.29, 0.717) is 13.8 Å². The van der Waals surface area contributed by atoms with Crippen molar-refractivity contribution < 1.29 is 44.7 Å². The number of ketones is 2. The number of rotatable bonds is 4. The second-order valence-corrected chi connectivity index (χ2v) is 6.16. The summed E-state index contributed by atoms with van der Waals surface area (Å²) in [4.78, 5) is 18.8. The van der Waals surface area contributed by atoms with Gasteiger partial charge in [-0.1, -0.05) is 11.8 Å². The topological polar surface area (TPSA) is 34.1 Å². The maximum absolute atomic E-state index is 14.0. The summed E-state index contributed by atoms with van der Waals surface area (Å²) in [5.74, 6) is -20.1.